The summed E-state index contributed by atoms with van der Waals surface area (Å²) in [6.07, 6.45) is 0. The van der Waals surface area contributed by atoms with Crippen LogP contribution in [0.15, 0.2) is 341 Å². The zero-order valence-corrected chi connectivity index (χ0v) is 57.8. The lowest BCUT2D eigenvalue weighted by atomic mass is 9.87. The fraction of sp³-hybridized carbons (Fsp3) is 0.0870. The minimum atomic E-state index is -0.139. The number of halogens is 1. The number of furan rings is 3. The molecule has 0 radical (unpaired) electrons. The predicted molar refractivity (Wildman–Crippen MR) is 424 cm³/mol. The van der Waals surface area contributed by atoms with Gasteiger partial charge >= 0.3 is 0 Å². The van der Waals surface area contributed by atoms with E-state index in [9.17, 15) is 0 Å². The lowest BCUT2D eigenvalue weighted by Gasteiger charge is -2.35. The van der Waals surface area contributed by atoms with Crippen molar-refractivity contribution in [3.8, 4) is 0 Å². The quantitative estimate of drug-likeness (QED) is 0.101. The Balaban J connectivity index is 0.956. The summed E-state index contributed by atoms with van der Waals surface area (Å²) in [5, 5.41) is 6.61. The molecule has 9 heteroatoms. The molecule has 3 aromatic heterocycles. The zero-order valence-electron chi connectivity index (χ0n) is 57.0. The van der Waals surface area contributed by atoms with Crippen molar-refractivity contribution in [3.05, 3.63) is 344 Å². The average Bonchev–Trinajstić information content (AvgIpc) is 1.73. The second kappa shape index (κ2) is 25.3. The molecule has 14 aromatic carbocycles. The van der Waals surface area contributed by atoms with Gasteiger partial charge in [0.15, 0.2) is 0 Å². The standard InChI is InChI=1S/C92H72ClN5O3/c1-91(2,3)61-42-46-67(47-43-61)97(70-35-25-34-69(54-70)95(71-50-52-86-78(55-71)75-36-19-22-39-83(75)99-86)72-51-53-87-79(56-72)76-37-20-23-40-84(76)100-87)81-58-73(94(63-26-11-7-12-27-63)64-28-13-8-14-29-64)59-82(90(81)93)98(68-48-44-62(45-49-68)92(4,5)6)74-57-80(89-77-38-21-24-41-85(77)101-88(89)60-74)96(65-30-15-9-16-31-65)66-32-17-10-18-33-66/h7-60H,1-6H3. The summed E-state index contributed by atoms with van der Waals surface area (Å²) in [7, 11) is 0. The molecule has 17 rings (SSSR count). The molecule has 0 bridgehead atoms. The third-order valence-electron chi connectivity index (χ3n) is 19.3. The summed E-state index contributed by atoms with van der Waals surface area (Å²) in [6.45, 7) is 13.6. The molecule has 3 heterocycles. The second-order valence-corrected chi connectivity index (χ2v) is 28.3. The Bertz CT molecular complexity index is 5700. The van der Waals surface area contributed by atoms with Gasteiger partial charge in [-0.1, -0.05) is 211 Å². The van der Waals surface area contributed by atoms with Crippen LogP contribution in [0.2, 0.25) is 5.02 Å². The van der Waals surface area contributed by atoms with E-state index in [0.717, 1.165) is 151 Å². The fourth-order valence-corrected chi connectivity index (χ4v) is 14.6. The van der Waals surface area contributed by atoms with Gasteiger partial charge in [0, 0.05) is 89.9 Å². The monoisotopic (exact) mass is 1330 g/mol. The van der Waals surface area contributed by atoms with Gasteiger partial charge in [-0.05, 0) is 186 Å². The van der Waals surface area contributed by atoms with Gasteiger partial charge in [0.25, 0.3) is 0 Å². The van der Waals surface area contributed by atoms with E-state index in [4.69, 9.17) is 24.9 Å². The van der Waals surface area contributed by atoms with Crippen LogP contribution in [0.25, 0.3) is 65.8 Å². The van der Waals surface area contributed by atoms with Crippen LogP contribution in [0.1, 0.15) is 52.7 Å². The number of fused-ring (bicyclic) bond motifs is 9. The highest BCUT2D eigenvalue weighted by Crippen LogP contribution is 2.55. The molecule has 101 heavy (non-hydrogen) atoms. The number of anilines is 15. The zero-order chi connectivity index (χ0) is 68.5. The maximum Gasteiger partial charge on any atom is 0.139 e. The fourth-order valence-electron chi connectivity index (χ4n) is 14.3. The normalized spacial score (nSPS) is 11.9. The lowest BCUT2D eigenvalue weighted by molar-refractivity contribution is 0.590. The molecule has 0 aliphatic heterocycles. The van der Waals surface area contributed by atoms with E-state index in [2.05, 4.69) is 363 Å². The number of hydrogen-bond acceptors (Lipinski definition) is 8. The van der Waals surface area contributed by atoms with Gasteiger partial charge in [0.2, 0.25) is 0 Å². The Labute approximate surface area is 592 Å². The highest BCUT2D eigenvalue weighted by molar-refractivity contribution is 6.37. The molecule has 0 fully saturated rings. The van der Waals surface area contributed by atoms with Crippen LogP contribution in [0.4, 0.5) is 85.3 Å². The first-order valence-corrected chi connectivity index (χ1v) is 34.8. The topological polar surface area (TPSA) is 55.6 Å². The largest absolute Gasteiger partial charge is 0.456 e. The highest BCUT2D eigenvalue weighted by atomic mass is 35.5. The van der Waals surface area contributed by atoms with Crippen LogP contribution < -0.4 is 24.5 Å². The molecule has 490 valence electrons. The van der Waals surface area contributed by atoms with Crippen LogP contribution in [0, 0.1) is 0 Å². The van der Waals surface area contributed by atoms with Crippen molar-refractivity contribution in [1.82, 2.24) is 0 Å². The van der Waals surface area contributed by atoms with Crippen molar-refractivity contribution < 1.29 is 13.3 Å². The van der Waals surface area contributed by atoms with E-state index in [1.165, 1.54) is 11.1 Å². The molecule has 0 saturated heterocycles. The molecule has 0 aliphatic rings. The summed E-state index contributed by atoms with van der Waals surface area (Å²) in [6, 6.07) is 116. The first-order chi connectivity index (χ1) is 49.3. The predicted octanol–water partition coefficient (Wildman–Crippen LogP) is 28.0. The Morgan fingerprint density at radius 1 is 0.218 bits per heavy atom. The van der Waals surface area contributed by atoms with Crippen molar-refractivity contribution in [1.29, 1.82) is 0 Å². The molecular weight excluding hydrogens is 1260 g/mol. The van der Waals surface area contributed by atoms with Crippen molar-refractivity contribution in [2.75, 3.05) is 24.5 Å². The molecule has 0 unspecified atom stereocenters. The number of nitrogens with zero attached hydrogens (tertiary/aromatic N) is 5. The Kier molecular flexibility index (Phi) is 15.6. The van der Waals surface area contributed by atoms with Crippen LogP contribution >= 0.6 is 11.6 Å². The maximum absolute atomic E-state index is 8.77. The van der Waals surface area contributed by atoms with Gasteiger partial charge in [0.05, 0.1) is 38.8 Å². The average molecular weight is 1330 g/mol. The van der Waals surface area contributed by atoms with Crippen LogP contribution in [-0.4, -0.2) is 0 Å². The van der Waals surface area contributed by atoms with Crippen molar-refractivity contribution in [3.63, 3.8) is 0 Å². The molecule has 0 atom stereocenters. The summed E-state index contributed by atoms with van der Waals surface area (Å²) in [5.41, 5.74) is 20.4. The van der Waals surface area contributed by atoms with E-state index in [1.54, 1.807) is 0 Å². The minimum Gasteiger partial charge on any atom is -0.456 e. The lowest BCUT2D eigenvalue weighted by Crippen LogP contribution is -2.18. The minimum absolute atomic E-state index is 0.136. The van der Waals surface area contributed by atoms with Crippen molar-refractivity contribution >= 4 is 163 Å². The van der Waals surface area contributed by atoms with Crippen molar-refractivity contribution in [2.24, 2.45) is 0 Å². The molecule has 17 aromatic rings. The Morgan fingerprint density at radius 3 is 0.970 bits per heavy atom. The maximum atomic E-state index is 8.77. The third-order valence-corrected chi connectivity index (χ3v) is 19.7. The van der Waals surface area contributed by atoms with E-state index >= 15 is 0 Å². The SMILES string of the molecule is CC(C)(C)c1ccc(N(c2cccc(N(c3ccc4oc5ccccc5c4c3)c3ccc4oc5ccccc5c4c3)c2)c2cc(N(c3ccccc3)c3ccccc3)cc(N(c3ccc(C(C)(C)C)cc3)c3cc(N(c4ccccc4)c4ccccc4)c4c(c3)oc3ccccc34)c2Cl)cc1. The van der Waals surface area contributed by atoms with E-state index in [-0.39, 0.29) is 10.8 Å². The molecule has 0 N–H and O–H groups in total. The first kappa shape index (κ1) is 62.3. The van der Waals surface area contributed by atoms with Crippen molar-refractivity contribution in [2.45, 2.75) is 52.4 Å². The molecular formula is C92H72ClN5O3. The number of hydrogen-bond donors (Lipinski definition) is 0. The molecule has 0 saturated carbocycles. The molecule has 0 aliphatic carbocycles. The van der Waals surface area contributed by atoms with Crippen LogP contribution in [0.5, 0.6) is 0 Å². The Hall–Kier alpha value is -12.2. The smallest absolute Gasteiger partial charge is 0.139 e. The second-order valence-electron chi connectivity index (χ2n) is 27.9. The van der Waals surface area contributed by atoms with Gasteiger partial charge in [-0.15, -0.1) is 0 Å². The highest BCUT2D eigenvalue weighted by Gasteiger charge is 2.31. The van der Waals surface area contributed by atoms with Gasteiger partial charge < -0.3 is 37.8 Å². The summed E-state index contributed by atoms with van der Waals surface area (Å²) in [5.74, 6) is 0. The van der Waals surface area contributed by atoms with Crippen LogP contribution in [-0.2, 0) is 10.8 Å². The van der Waals surface area contributed by atoms with Gasteiger partial charge in [-0.25, -0.2) is 0 Å². The summed E-state index contributed by atoms with van der Waals surface area (Å²) >= 11 is 8.77. The van der Waals surface area contributed by atoms with E-state index in [0.29, 0.717) is 5.02 Å². The third kappa shape index (κ3) is 11.5. The number of para-hydroxylation sites is 7. The molecule has 8 nitrogen and oxygen atoms in total. The van der Waals surface area contributed by atoms with E-state index < -0.39 is 0 Å². The number of benzene rings is 14. The van der Waals surface area contributed by atoms with Gasteiger partial charge in [0.1, 0.15) is 33.5 Å². The van der Waals surface area contributed by atoms with E-state index in [1.807, 2.05) is 30.3 Å². The van der Waals surface area contributed by atoms with Gasteiger partial charge in [-0.2, -0.15) is 0 Å². The summed E-state index contributed by atoms with van der Waals surface area (Å²) in [4.78, 5) is 11.7. The summed E-state index contributed by atoms with van der Waals surface area (Å²) < 4.78 is 20.1. The number of rotatable bonds is 15. The first-order valence-electron chi connectivity index (χ1n) is 34.4. The Morgan fingerprint density at radius 2 is 0.515 bits per heavy atom. The molecule has 0 spiro atoms. The molecule has 0 amide bonds. The van der Waals surface area contributed by atoms with Crippen LogP contribution in [0.3, 0.4) is 0 Å². The van der Waals surface area contributed by atoms with Gasteiger partial charge in [-0.3, -0.25) is 0 Å².